The molecule has 1 N–H and O–H groups in total. The van der Waals surface area contributed by atoms with Gasteiger partial charge in [-0.05, 0) is 12.0 Å². The van der Waals surface area contributed by atoms with E-state index in [1.165, 1.54) is 0 Å². The van der Waals surface area contributed by atoms with E-state index < -0.39 is 11.9 Å². The van der Waals surface area contributed by atoms with E-state index in [-0.39, 0.29) is 17.2 Å². The van der Waals surface area contributed by atoms with Gasteiger partial charge in [0.05, 0.1) is 11.8 Å². The summed E-state index contributed by atoms with van der Waals surface area (Å²) in [6.07, 6.45) is 0. The van der Waals surface area contributed by atoms with Gasteiger partial charge in [-0.2, -0.15) is 0 Å². The van der Waals surface area contributed by atoms with Crippen LogP contribution in [0, 0.1) is 17.3 Å². The smallest absolute Gasteiger partial charge is 0.307 e. The van der Waals surface area contributed by atoms with Gasteiger partial charge in [0.25, 0.3) is 0 Å². The SMILES string of the molecule is CCN1CCN(C(=O)C2C(C(=O)O)C2(C)C)CC1. The summed E-state index contributed by atoms with van der Waals surface area (Å²) in [5.41, 5.74) is -0.384. The molecule has 5 nitrogen and oxygen atoms in total. The number of aliphatic carboxylic acids is 1. The first-order valence-electron chi connectivity index (χ1n) is 6.63. The van der Waals surface area contributed by atoms with E-state index in [0.717, 1.165) is 32.7 Å². The summed E-state index contributed by atoms with van der Waals surface area (Å²) in [4.78, 5) is 27.6. The fourth-order valence-corrected chi connectivity index (χ4v) is 3.04. The predicted molar refractivity (Wildman–Crippen MR) is 67.1 cm³/mol. The molecule has 1 saturated heterocycles. The summed E-state index contributed by atoms with van der Waals surface area (Å²) in [5, 5.41) is 9.11. The lowest BCUT2D eigenvalue weighted by Crippen LogP contribution is -2.49. The number of likely N-dealkylation sites (N-methyl/N-ethyl adjacent to an activating group) is 1. The first kappa shape index (κ1) is 13.3. The number of amides is 1. The molecule has 1 aliphatic heterocycles. The van der Waals surface area contributed by atoms with Crippen LogP contribution in [0.1, 0.15) is 20.8 Å². The van der Waals surface area contributed by atoms with E-state index in [1.807, 2.05) is 18.7 Å². The number of carboxylic acids is 1. The highest BCUT2D eigenvalue weighted by Gasteiger charge is 2.66. The molecule has 2 rings (SSSR count). The van der Waals surface area contributed by atoms with E-state index in [1.54, 1.807) is 0 Å². The normalized spacial score (nSPS) is 31.2. The zero-order valence-electron chi connectivity index (χ0n) is 11.3. The Hall–Kier alpha value is -1.10. The number of carbonyl (C=O) groups excluding carboxylic acids is 1. The Bertz CT molecular complexity index is 359. The quantitative estimate of drug-likeness (QED) is 0.797. The predicted octanol–water partition coefficient (Wildman–Crippen LogP) is 0.507. The molecule has 1 aliphatic carbocycles. The Kier molecular flexibility index (Phi) is 3.36. The number of hydrogen-bond donors (Lipinski definition) is 1. The second-order valence-corrected chi connectivity index (χ2v) is 5.87. The molecule has 0 radical (unpaired) electrons. The third-order valence-corrected chi connectivity index (χ3v) is 4.49. The molecule has 102 valence electrons. The first-order chi connectivity index (χ1) is 8.39. The van der Waals surface area contributed by atoms with Crippen LogP contribution in [-0.4, -0.2) is 59.5 Å². The molecule has 0 bridgehead atoms. The fourth-order valence-electron chi connectivity index (χ4n) is 3.04. The van der Waals surface area contributed by atoms with Gasteiger partial charge in [-0.25, -0.2) is 0 Å². The van der Waals surface area contributed by atoms with Crippen LogP contribution in [0.5, 0.6) is 0 Å². The number of carbonyl (C=O) groups is 2. The number of nitrogens with zero attached hydrogens (tertiary/aromatic N) is 2. The van der Waals surface area contributed by atoms with Crippen LogP contribution in [-0.2, 0) is 9.59 Å². The lowest BCUT2D eigenvalue weighted by atomic mass is 10.1. The van der Waals surface area contributed by atoms with Crippen molar-refractivity contribution in [1.29, 1.82) is 0 Å². The summed E-state index contributed by atoms with van der Waals surface area (Å²) in [7, 11) is 0. The molecule has 2 unspecified atom stereocenters. The average molecular weight is 254 g/mol. The molecule has 0 aromatic rings. The van der Waals surface area contributed by atoms with E-state index >= 15 is 0 Å². The standard InChI is InChI=1S/C13H22N2O3/c1-4-14-5-7-15(8-6-14)11(16)9-10(12(17)18)13(9,2)3/h9-10H,4-8H2,1-3H3,(H,17,18). The van der Waals surface area contributed by atoms with Gasteiger partial charge in [0, 0.05) is 26.2 Å². The van der Waals surface area contributed by atoms with Gasteiger partial charge >= 0.3 is 5.97 Å². The van der Waals surface area contributed by atoms with Crippen LogP contribution in [0.2, 0.25) is 0 Å². The van der Waals surface area contributed by atoms with Gasteiger partial charge in [0.15, 0.2) is 0 Å². The van der Waals surface area contributed by atoms with Crippen molar-refractivity contribution < 1.29 is 14.7 Å². The van der Waals surface area contributed by atoms with Gasteiger partial charge in [-0.3, -0.25) is 9.59 Å². The van der Waals surface area contributed by atoms with Crippen molar-refractivity contribution in [2.24, 2.45) is 17.3 Å². The molecule has 1 amide bonds. The summed E-state index contributed by atoms with van der Waals surface area (Å²) in [6.45, 7) is 10.1. The molecule has 18 heavy (non-hydrogen) atoms. The Labute approximate surface area is 108 Å². The average Bonchev–Trinajstić information content (AvgIpc) is 2.92. The molecule has 1 heterocycles. The van der Waals surface area contributed by atoms with Crippen molar-refractivity contribution in [1.82, 2.24) is 9.80 Å². The zero-order valence-corrected chi connectivity index (χ0v) is 11.3. The summed E-state index contributed by atoms with van der Waals surface area (Å²) < 4.78 is 0. The van der Waals surface area contributed by atoms with Gasteiger partial charge in [0.1, 0.15) is 0 Å². The maximum atomic E-state index is 12.3. The Morgan fingerprint density at radius 2 is 1.72 bits per heavy atom. The lowest BCUT2D eigenvalue weighted by molar-refractivity contribution is -0.142. The van der Waals surface area contributed by atoms with Crippen molar-refractivity contribution in [3.05, 3.63) is 0 Å². The number of rotatable bonds is 3. The molecule has 2 aliphatic rings. The molecule has 0 aromatic heterocycles. The third kappa shape index (κ3) is 2.11. The maximum absolute atomic E-state index is 12.3. The van der Waals surface area contributed by atoms with E-state index in [0.29, 0.717) is 0 Å². The van der Waals surface area contributed by atoms with Gasteiger partial charge in [-0.1, -0.05) is 20.8 Å². The highest BCUT2D eigenvalue weighted by Crippen LogP contribution is 2.59. The van der Waals surface area contributed by atoms with Crippen molar-refractivity contribution in [3.63, 3.8) is 0 Å². The first-order valence-corrected chi connectivity index (χ1v) is 6.63. The topological polar surface area (TPSA) is 60.9 Å². The summed E-state index contributed by atoms with van der Waals surface area (Å²) in [5.74, 6) is -1.65. The van der Waals surface area contributed by atoms with Crippen molar-refractivity contribution in [2.45, 2.75) is 20.8 Å². The fraction of sp³-hybridized carbons (Fsp3) is 0.846. The van der Waals surface area contributed by atoms with E-state index in [9.17, 15) is 9.59 Å². The van der Waals surface area contributed by atoms with Crippen molar-refractivity contribution >= 4 is 11.9 Å². The van der Waals surface area contributed by atoms with Crippen molar-refractivity contribution in [2.75, 3.05) is 32.7 Å². The number of hydrogen-bond acceptors (Lipinski definition) is 3. The van der Waals surface area contributed by atoms with Crippen molar-refractivity contribution in [3.8, 4) is 0 Å². The van der Waals surface area contributed by atoms with Crippen LogP contribution in [0.4, 0.5) is 0 Å². The summed E-state index contributed by atoms with van der Waals surface area (Å²) >= 11 is 0. The molecule has 0 spiro atoms. The van der Waals surface area contributed by atoms with Crippen LogP contribution in [0.3, 0.4) is 0 Å². The molecule has 2 fully saturated rings. The number of piperazine rings is 1. The Morgan fingerprint density at radius 3 is 2.11 bits per heavy atom. The second-order valence-electron chi connectivity index (χ2n) is 5.87. The maximum Gasteiger partial charge on any atom is 0.307 e. The number of carboxylic acid groups (broad SMARTS) is 1. The third-order valence-electron chi connectivity index (χ3n) is 4.49. The second kappa shape index (κ2) is 4.53. The van der Waals surface area contributed by atoms with Gasteiger partial charge in [-0.15, -0.1) is 0 Å². The van der Waals surface area contributed by atoms with E-state index in [4.69, 9.17) is 5.11 Å². The molecular formula is C13H22N2O3. The Morgan fingerprint density at radius 1 is 1.17 bits per heavy atom. The van der Waals surface area contributed by atoms with Gasteiger partial charge < -0.3 is 14.9 Å². The molecule has 2 atom stereocenters. The Balaban J connectivity index is 1.96. The van der Waals surface area contributed by atoms with Crippen LogP contribution in [0.25, 0.3) is 0 Å². The van der Waals surface area contributed by atoms with Crippen LogP contribution < -0.4 is 0 Å². The monoisotopic (exact) mass is 254 g/mol. The highest BCUT2D eigenvalue weighted by atomic mass is 16.4. The zero-order chi connectivity index (χ0) is 13.5. The summed E-state index contributed by atoms with van der Waals surface area (Å²) in [6, 6.07) is 0. The molecule has 5 heteroatoms. The lowest BCUT2D eigenvalue weighted by Gasteiger charge is -2.34. The largest absolute Gasteiger partial charge is 0.481 e. The minimum Gasteiger partial charge on any atom is -0.481 e. The van der Waals surface area contributed by atoms with Gasteiger partial charge in [0.2, 0.25) is 5.91 Å². The van der Waals surface area contributed by atoms with Crippen LogP contribution >= 0.6 is 0 Å². The minimum absolute atomic E-state index is 0.0307. The molecular weight excluding hydrogens is 232 g/mol. The highest BCUT2D eigenvalue weighted by molar-refractivity contribution is 5.91. The van der Waals surface area contributed by atoms with E-state index in [2.05, 4.69) is 11.8 Å². The molecule has 1 saturated carbocycles. The van der Waals surface area contributed by atoms with Crippen LogP contribution in [0.15, 0.2) is 0 Å². The minimum atomic E-state index is -0.842. The molecule has 0 aromatic carbocycles.